The van der Waals surface area contributed by atoms with Gasteiger partial charge in [-0.1, -0.05) is 6.08 Å². The van der Waals surface area contributed by atoms with Crippen molar-refractivity contribution in [2.75, 3.05) is 18.5 Å². The van der Waals surface area contributed by atoms with E-state index < -0.39 is 5.91 Å². The highest BCUT2D eigenvalue weighted by Crippen LogP contribution is 2.38. The Hall–Kier alpha value is -3.66. The normalized spacial score (nSPS) is 14.8. The number of aryl methyl sites for hydroxylation is 2. The Morgan fingerprint density at radius 3 is 2.88 bits per heavy atom. The molecule has 0 saturated carbocycles. The molecule has 0 saturated heterocycles. The number of unbranched alkanes of at least 4 members (excludes halogenated alkanes) is 1. The Morgan fingerprint density at radius 2 is 2.15 bits per heavy atom. The fourth-order valence-electron chi connectivity index (χ4n) is 4.17. The molecule has 2 amide bonds. The number of carbonyl (C=O) groups excluding carboxylic acids is 2. The molecule has 1 aliphatic rings. The van der Waals surface area contributed by atoms with E-state index in [0.717, 1.165) is 36.9 Å². The zero-order chi connectivity index (χ0) is 23.5. The number of imidazole rings is 1. The number of anilines is 1. The van der Waals surface area contributed by atoms with Crippen molar-refractivity contribution in [3.05, 3.63) is 47.8 Å². The van der Waals surface area contributed by atoms with E-state index in [1.165, 1.54) is 0 Å². The summed E-state index contributed by atoms with van der Waals surface area (Å²) < 4.78 is 9.61. The molecule has 1 atom stereocenters. The Balaban J connectivity index is 1.72. The molecule has 3 heterocycles. The van der Waals surface area contributed by atoms with E-state index in [2.05, 4.69) is 22.0 Å². The van der Waals surface area contributed by atoms with E-state index in [1.54, 1.807) is 22.9 Å². The van der Waals surface area contributed by atoms with Crippen LogP contribution in [0.5, 0.6) is 5.75 Å². The maximum Gasteiger partial charge on any atom is 0.276 e. The summed E-state index contributed by atoms with van der Waals surface area (Å²) >= 11 is 0. The number of allylic oxidation sites excluding steroid dienone is 1. The number of nitrogens with zero attached hydrogens (tertiary/aromatic N) is 4. The summed E-state index contributed by atoms with van der Waals surface area (Å²) in [5.41, 5.74) is 14.0. The van der Waals surface area contributed by atoms with Crippen LogP contribution in [0.15, 0.2) is 30.9 Å². The van der Waals surface area contributed by atoms with Gasteiger partial charge in [0.05, 0.1) is 17.3 Å². The SMILES string of the molecule is C=CCCCn1nc(C)cc1C(=O)Nc1nc2cc(C(N)=O)cc3c2n1[C@@H](CCCN)CO3. The van der Waals surface area contributed by atoms with Crippen molar-refractivity contribution in [1.82, 2.24) is 19.3 Å². The van der Waals surface area contributed by atoms with E-state index in [4.69, 9.17) is 16.2 Å². The lowest BCUT2D eigenvalue weighted by Gasteiger charge is -2.27. The van der Waals surface area contributed by atoms with Crippen LogP contribution < -0.4 is 21.5 Å². The van der Waals surface area contributed by atoms with Gasteiger partial charge in [-0.3, -0.25) is 19.6 Å². The molecule has 10 nitrogen and oxygen atoms in total. The minimum absolute atomic E-state index is 0.0555. The van der Waals surface area contributed by atoms with E-state index in [0.29, 0.717) is 48.2 Å². The van der Waals surface area contributed by atoms with Gasteiger partial charge in [-0.05, 0) is 57.4 Å². The number of rotatable bonds is 10. The van der Waals surface area contributed by atoms with Crippen molar-refractivity contribution >= 4 is 28.8 Å². The molecule has 10 heteroatoms. The Labute approximate surface area is 191 Å². The van der Waals surface area contributed by atoms with Gasteiger partial charge >= 0.3 is 0 Å². The highest BCUT2D eigenvalue weighted by Gasteiger charge is 2.29. The van der Waals surface area contributed by atoms with Crippen LogP contribution >= 0.6 is 0 Å². The van der Waals surface area contributed by atoms with Crippen molar-refractivity contribution < 1.29 is 14.3 Å². The molecule has 0 spiro atoms. The molecule has 5 N–H and O–H groups in total. The number of nitrogens with one attached hydrogen (secondary N) is 1. The quantitative estimate of drug-likeness (QED) is 0.319. The number of carbonyl (C=O) groups is 2. The van der Waals surface area contributed by atoms with Crippen LogP contribution in [0.2, 0.25) is 0 Å². The summed E-state index contributed by atoms with van der Waals surface area (Å²) in [6, 6.07) is 4.94. The van der Waals surface area contributed by atoms with Crippen LogP contribution in [0.25, 0.3) is 11.0 Å². The lowest BCUT2D eigenvalue weighted by Crippen LogP contribution is -2.26. The van der Waals surface area contributed by atoms with Gasteiger partial charge in [0.2, 0.25) is 11.9 Å². The van der Waals surface area contributed by atoms with Crippen molar-refractivity contribution in [2.24, 2.45) is 11.5 Å². The van der Waals surface area contributed by atoms with Gasteiger partial charge < -0.3 is 20.8 Å². The van der Waals surface area contributed by atoms with Crippen LogP contribution in [0.1, 0.15) is 58.3 Å². The highest BCUT2D eigenvalue weighted by molar-refractivity contribution is 6.04. The van der Waals surface area contributed by atoms with Gasteiger partial charge in [-0.2, -0.15) is 5.10 Å². The molecule has 0 bridgehead atoms. The second kappa shape index (κ2) is 9.45. The first-order chi connectivity index (χ1) is 15.9. The predicted octanol–water partition coefficient (Wildman–Crippen LogP) is 2.53. The second-order valence-electron chi connectivity index (χ2n) is 8.19. The number of hydrogen-bond acceptors (Lipinski definition) is 6. The molecule has 0 fully saturated rings. The summed E-state index contributed by atoms with van der Waals surface area (Å²) in [6.45, 7) is 7.13. The van der Waals surface area contributed by atoms with Gasteiger partial charge in [0.1, 0.15) is 23.6 Å². The molecule has 33 heavy (non-hydrogen) atoms. The summed E-state index contributed by atoms with van der Waals surface area (Å²) in [7, 11) is 0. The van der Waals surface area contributed by atoms with E-state index in [-0.39, 0.29) is 11.9 Å². The maximum atomic E-state index is 13.3. The smallest absolute Gasteiger partial charge is 0.276 e. The molecular formula is C23H29N7O3. The average molecular weight is 452 g/mol. The monoisotopic (exact) mass is 451 g/mol. The van der Waals surface area contributed by atoms with Gasteiger partial charge in [0.15, 0.2) is 0 Å². The van der Waals surface area contributed by atoms with Crippen molar-refractivity contribution in [1.29, 1.82) is 0 Å². The number of primary amides is 1. The Kier molecular flexibility index (Phi) is 6.45. The predicted molar refractivity (Wildman–Crippen MR) is 125 cm³/mol. The molecule has 1 aromatic carbocycles. The maximum absolute atomic E-state index is 13.3. The average Bonchev–Trinajstić information content (AvgIpc) is 3.34. The minimum atomic E-state index is -0.568. The van der Waals surface area contributed by atoms with Crippen LogP contribution in [-0.2, 0) is 6.54 Å². The Bertz CT molecular complexity index is 1210. The van der Waals surface area contributed by atoms with E-state index in [1.807, 2.05) is 17.6 Å². The lowest BCUT2D eigenvalue weighted by molar-refractivity contribution is 0.0995. The lowest BCUT2D eigenvalue weighted by atomic mass is 10.1. The van der Waals surface area contributed by atoms with Crippen LogP contribution in [0, 0.1) is 6.92 Å². The number of ether oxygens (including phenoxy) is 1. The first kappa shape index (κ1) is 22.5. The van der Waals surface area contributed by atoms with Gasteiger partial charge in [0.25, 0.3) is 5.91 Å². The zero-order valence-corrected chi connectivity index (χ0v) is 18.7. The molecule has 1 aliphatic heterocycles. The number of aromatic nitrogens is 4. The first-order valence-electron chi connectivity index (χ1n) is 11.1. The third kappa shape index (κ3) is 4.47. The van der Waals surface area contributed by atoms with E-state index in [9.17, 15) is 9.59 Å². The molecule has 0 radical (unpaired) electrons. The fraction of sp³-hybridized carbons (Fsp3) is 0.391. The van der Waals surface area contributed by atoms with Gasteiger partial charge in [0, 0.05) is 12.1 Å². The molecule has 4 rings (SSSR count). The summed E-state index contributed by atoms with van der Waals surface area (Å²) in [6.07, 6.45) is 5.08. The molecule has 2 aromatic heterocycles. The highest BCUT2D eigenvalue weighted by atomic mass is 16.5. The minimum Gasteiger partial charge on any atom is -0.489 e. The summed E-state index contributed by atoms with van der Waals surface area (Å²) in [4.78, 5) is 29.7. The molecule has 174 valence electrons. The number of nitrogens with two attached hydrogens (primary N) is 2. The van der Waals surface area contributed by atoms with Crippen LogP contribution in [0.4, 0.5) is 5.95 Å². The Morgan fingerprint density at radius 1 is 1.33 bits per heavy atom. The van der Waals surface area contributed by atoms with Crippen molar-refractivity contribution in [2.45, 2.75) is 45.2 Å². The molecule has 3 aromatic rings. The molecule has 0 aliphatic carbocycles. The van der Waals surface area contributed by atoms with E-state index >= 15 is 0 Å². The number of amides is 2. The van der Waals surface area contributed by atoms with Crippen molar-refractivity contribution in [3.8, 4) is 5.75 Å². The number of benzene rings is 1. The van der Waals surface area contributed by atoms with Crippen LogP contribution in [0.3, 0.4) is 0 Å². The van der Waals surface area contributed by atoms with Gasteiger partial charge in [-0.25, -0.2) is 4.98 Å². The summed E-state index contributed by atoms with van der Waals surface area (Å²) in [5, 5.41) is 7.41. The third-order valence-corrected chi connectivity index (χ3v) is 5.71. The molecule has 0 unspecified atom stereocenters. The summed E-state index contributed by atoms with van der Waals surface area (Å²) in [5.74, 6) is 0.0332. The standard InChI is InChI=1S/C23H29N7O3/c1-3-4-5-9-29-18(10-14(2)28-29)22(32)27-23-26-17-11-15(21(25)31)12-19-20(17)30(23)16(13-33-19)7-6-8-24/h3,10-12,16H,1,4-9,13,24H2,2H3,(H2,25,31)(H,26,27,32)/t16-/m0/s1. The largest absolute Gasteiger partial charge is 0.489 e. The van der Waals surface area contributed by atoms with Gasteiger partial charge in [-0.15, -0.1) is 6.58 Å². The zero-order valence-electron chi connectivity index (χ0n) is 18.7. The topological polar surface area (TPSA) is 143 Å². The molecular weight excluding hydrogens is 422 g/mol. The fourth-order valence-corrected chi connectivity index (χ4v) is 4.17. The number of hydrogen-bond donors (Lipinski definition) is 3. The van der Waals surface area contributed by atoms with Crippen LogP contribution in [-0.4, -0.2) is 44.3 Å². The van der Waals surface area contributed by atoms with Crippen molar-refractivity contribution in [3.63, 3.8) is 0 Å². The first-order valence-corrected chi connectivity index (χ1v) is 11.1. The second-order valence-corrected chi connectivity index (χ2v) is 8.19. The third-order valence-electron chi connectivity index (χ3n) is 5.71.